The molecule has 0 aliphatic carbocycles. The van der Waals surface area contributed by atoms with Gasteiger partial charge >= 0.3 is 5.69 Å². The van der Waals surface area contributed by atoms with Gasteiger partial charge < -0.3 is 0 Å². The molecule has 0 saturated carbocycles. The second-order valence-electron chi connectivity index (χ2n) is 4.39. The van der Waals surface area contributed by atoms with Crippen LogP contribution in [0, 0.1) is 21.7 Å². The van der Waals surface area contributed by atoms with Crippen molar-refractivity contribution >= 4 is 5.69 Å². The summed E-state index contributed by atoms with van der Waals surface area (Å²) in [5, 5.41) is 10.5. The molecule has 0 aliphatic rings. The van der Waals surface area contributed by atoms with E-state index in [9.17, 15) is 18.9 Å². The van der Waals surface area contributed by atoms with Gasteiger partial charge in [-0.1, -0.05) is 20.8 Å². The minimum Gasteiger partial charge on any atom is -0.258 e. The first-order valence-corrected chi connectivity index (χ1v) is 6.05. The van der Waals surface area contributed by atoms with Gasteiger partial charge in [-0.2, -0.15) is 8.78 Å². The quantitative estimate of drug-likeness (QED) is 0.581. The molecule has 0 amide bonds. The first-order chi connectivity index (χ1) is 8.41. The molecular formula is C13H17F2NO2. The Kier molecular flexibility index (Phi) is 4.38. The maximum Gasteiger partial charge on any atom is 0.340 e. The fourth-order valence-corrected chi connectivity index (χ4v) is 2.41. The molecule has 3 nitrogen and oxygen atoms in total. The summed E-state index contributed by atoms with van der Waals surface area (Å²) >= 11 is 0. The van der Waals surface area contributed by atoms with Crippen LogP contribution in [0.5, 0.6) is 0 Å². The molecule has 0 radical (unpaired) electrons. The Hall–Kier alpha value is -1.52. The van der Waals surface area contributed by atoms with Crippen molar-refractivity contribution in [3.8, 4) is 0 Å². The van der Waals surface area contributed by atoms with E-state index in [0.717, 1.165) is 31.4 Å². The summed E-state index contributed by atoms with van der Waals surface area (Å²) < 4.78 is 27.2. The lowest BCUT2D eigenvalue weighted by atomic mass is 9.74. The normalized spacial score (nSPS) is 11.6. The summed E-state index contributed by atoms with van der Waals surface area (Å²) in [6, 6.07) is 2.19. The predicted molar refractivity (Wildman–Crippen MR) is 65.6 cm³/mol. The number of hydrogen-bond acceptors (Lipinski definition) is 2. The van der Waals surface area contributed by atoms with Crippen LogP contribution in [0.3, 0.4) is 0 Å². The van der Waals surface area contributed by atoms with Crippen LogP contribution >= 0.6 is 0 Å². The molecule has 0 atom stereocenters. The Morgan fingerprint density at radius 3 is 1.78 bits per heavy atom. The number of nitro groups is 1. The highest BCUT2D eigenvalue weighted by molar-refractivity contribution is 5.40. The molecule has 0 heterocycles. The van der Waals surface area contributed by atoms with E-state index in [4.69, 9.17) is 0 Å². The molecule has 0 aliphatic heterocycles. The summed E-state index contributed by atoms with van der Waals surface area (Å²) in [6.07, 6.45) is 2.20. The number of halogens is 2. The van der Waals surface area contributed by atoms with Crippen molar-refractivity contribution in [3.63, 3.8) is 0 Å². The zero-order valence-electron chi connectivity index (χ0n) is 10.8. The minimum absolute atomic E-state index is 0.323. The largest absolute Gasteiger partial charge is 0.340 e. The van der Waals surface area contributed by atoms with Gasteiger partial charge in [-0.15, -0.1) is 0 Å². The number of rotatable bonds is 5. The molecule has 1 aromatic carbocycles. The third-order valence-corrected chi connectivity index (χ3v) is 3.84. The van der Waals surface area contributed by atoms with E-state index >= 15 is 0 Å². The van der Waals surface area contributed by atoms with Crippen molar-refractivity contribution in [2.45, 2.75) is 45.4 Å². The van der Waals surface area contributed by atoms with Gasteiger partial charge in [0.05, 0.1) is 4.92 Å². The molecule has 0 bridgehead atoms. The van der Waals surface area contributed by atoms with Gasteiger partial charge in [0.2, 0.25) is 11.6 Å². The van der Waals surface area contributed by atoms with Crippen molar-refractivity contribution < 1.29 is 13.7 Å². The zero-order valence-corrected chi connectivity index (χ0v) is 10.8. The Bertz CT molecular complexity index is 425. The van der Waals surface area contributed by atoms with Crippen LogP contribution in [0.15, 0.2) is 12.1 Å². The first-order valence-electron chi connectivity index (χ1n) is 6.05. The Morgan fingerprint density at radius 1 is 1.11 bits per heavy atom. The Morgan fingerprint density at radius 2 is 1.50 bits per heavy atom. The monoisotopic (exact) mass is 257 g/mol. The van der Waals surface area contributed by atoms with Crippen LogP contribution in [0.25, 0.3) is 0 Å². The maximum atomic E-state index is 13.6. The fraction of sp³-hybridized carbons (Fsp3) is 0.538. The van der Waals surface area contributed by atoms with E-state index < -0.39 is 22.2 Å². The molecule has 0 saturated heterocycles. The Labute approximate surface area is 105 Å². The van der Waals surface area contributed by atoms with Crippen LogP contribution in [-0.4, -0.2) is 4.92 Å². The number of hydrogen-bond donors (Lipinski definition) is 0. The van der Waals surface area contributed by atoms with Crippen LogP contribution in [0.1, 0.15) is 45.6 Å². The van der Waals surface area contributed by atoms with Gasteiger partial charge in [0, 0.05) is 0 Å². The summed E-state index contributed by atoms with van der Waals surface area (Å²) in [4.78, 5) is 9.51. The lowest BCUT2D eigenvalue weighted by molar-refractivity contribution is -0.390. The smallest absolute Gasteiger partial charge is 0.258 e. The molecule has 18 heavy (non-hydrogen) atoms. The molecular weight excluding hydrogens is 240 g/mol. The molecule has 5 heteroatoms. The highest BCUT2D eigenvalue weighted by Gasteiger charge is 2.31. The summed E-state index contributed by atoms with van der Waals surface area (Å²) in [7, 11) is 0. The van der Waals surface area contributed by atoms with Crippen molar-refractivity contribution in [3.05, 3.63) is 39.4 Å². The molecule has 1 rings (SSSR count). The van der Waals surface area contributed by atoms with E-state index in [2.05, 4.69) is 0 Å². The van der Waals surface area contributed by atoms with Crippen LogP contribution in [-0.2, 0) is 5.41 Å². The lowest BCUT2D eigenvalue weighted by Crippen LogP contribution is -2.24. The van der Waals surface area contributed by atoms with Crippen molar-refractivity contribution in [1.82, 2.24) is 0 Å². The molecule has 0 aromatic heterocycles. The zero-order chi connectivity index (χ0) is 13.9. The summed E-state index contributed by atoms with van der Waals surface area (Å²) in [6.45, 7) is 5.85. The van der Waals surface area contributed by atoms with E-state index in [1.807, 2.05) is 20.8 Å². The summed E-state index contributed by atoms with van der Waals surface area (Å²) in [5.41, 5.74) is -0.900. The molecule has 0 unspecified atom stereocenters. The third-order valence-electron chi connectivity index (χ3n) is 3.84. The average molecular weight is 257 g/mol. The molecule has 100 valence electrons. The molecule has 0 fully saturated rings. The fourth-order valence-electron chi connectivity index (χ4n) is 2.41. The second kappa shape index (κ2) is 5.42. The van der Waals surface area contributed by atoms with Crippen LogP contribution in [0.4, 0.5) is 14.5 Å². The van der Waals surface area contributed by atoms with Crippen molar-refractivity contribution in [1.29, 1.82) is 0 Å². The SMILES string of the molecule is CCC(CC)(CC)c1cc(F)c([N+](=O)[O-])c(F)c1. The van der Waals surface area contributed by atoms with E-state index in [-0.39, 0.29) is 5.41 Å². The number of nitro benzene ring substituents is 1. The van der Waals surface area contributed by atoms with Crippen molar-refractivity contribution in [2.24, 2.45) is 0 Å². The van der Waals surface area contributed by atoms with Gasteiger partial charge in [0.1, 0.15) is 0 Å². The maximum absolute atomic E-state index is 13.6. The van der Waals surface area contributed by atoms with Crippen LogP contribution in [0.2, 0.25) is 0 Å². The minimum atomic E-state index is -1.10. The first kappa shape index (κ1) is 14.5. The van der Waals surface area contributed by atoms with Gasteiger partial charge in [0.15, 0.2) is 0 Å². The predicted octanol–water partition coefficient (Wildman–Crippen LogP) is 4.34. The third kappa shape index (κ3) is 2.35. The number of benzene rings is 1. The highest BCUT2D eigenvalue weighted by atomic mass is 19.1. The molecule has 1 aromatic rings. The van der Waals surface area contributed by atoms with Crippen LogP contribution < -0.4 is 0 Å². The van der Waals surface area contributed by atoms with E-state index in [0.29, 0.717) is 5.56 Å². The van der Waals surface area contributed by atoms with Gasteiger partial charge in [-0.25, -0.2) is 0 Å². The van der Waals surface area contributed by atoms with E-state index in [1.54, 1.807) is 0 Å². The van der Waals surface area contributed by atoms with Gasteiger partial charge in [0.25, 0.3) is 0 Å². The summed E-state index contributed by atoms with van der Waals surface area (Å²) in [5.74, 6) is -2.20. The topological polar surface area (TPSA) is 43.1 Å². The van der Waals surface area contributed by atoms with Crippen molar-refractivity contribution in [2.75, 3.05) is 0 Å². The second-order valence-corrected chi connectivity index (χ2v) is 4.39. The van der Waals surface area contributed by atoms with Gasteiger partial charge in [-0.05, 0) is 42.4 Å². The highest BCUT2D eigenvalue weighted by Crippen LogP contribution is 2.37. The average Bonchev–Trinajstić information content (AvgIpc) is 2.30. The number of nitrogens with zero attached hydrogens (tertiary/aromatic N) is 1. The molecule has 0 N–H and O–H groups in total. The Balaban J connectivity index is 3.41. The van der Waals surface area contributed by atoms with Gasteiger partial charge in [-0.3, -0.25) is 10.1 Å². The lowest BCUT2D eigenvalue weighted by Gasteiger charge is -2.31. The van der Waals surface area contributed by atoms with E-state index in [1.165, 1.54) is 0 Å². The molecule has 0 spiro atoms. The standard InChI is InChI=1S/C13H17F2NO2/c1-4-13(5-2,6-3)9-7-10(14)12(16(17)18)11(15)8-9/h7-8H,4-6H2,1-3H3.